The molecule has 2 rings (SSSR count). The van der Waals surface area contributed by atoms with Crippen molar-refractivity contribution in [2.45, 2.75) is 0 Å². The van der Waals surface area contributed by atoms with Crippen molar-refractivity contribution in [3.05, 3.63) is 60.0 Å². The van der Waals surface area contributed by atoms with E-state index in [-0.39, 0.29) is 11.7 Å². The summed E-state index contributed by atoms with van der Waals surface area (Å²) < 4.78 is 2.34. The Kier molecular flexibility index (Phi) is 5.77. The van der Waals surface area contributed by atoms with Crippen molar-refractivity contribution in [1.82, 2.24) is 5.43 Å². The van der Waals surface area contributed by atoms with Crippen LogP contribution in [0.3, 0.4) is 0 Å². The average molecular weight is 524 g/mol. The first-order valence-corrected chi connectivity index (χ1v) is 8.41. The first-order chi connectivity index (χ1) is 9.97. The van der Waals surface area contributed by atoms with Crippen LogP contribution in [0.5, 0.6) is 5.75 Å². The molecular formula is C14H9Br2IN2O2. The number of carbonyl (C=O) groups is 1. The van der Waals surface area contributed by atoms with Crippen LogP contribution in [0.1, 0.15) is 15.9 Å². The highest BCUT2D eigenvalue weighted by Gasteiger charge is 2.06. The standard InChI is InChI=1S/C14H9Br2IN2O2/c15-10-3-1-2-8(4-10)14(21)19-18-7-9-5-11(16)6-12(17)13(9)20/h1-7,20H,(H,19,21)/b18-7+. The predicted molar refractivity (Wildman–Crippen MR) is 97.7 cm³/mol. The second kappa shape index (κ2) is 7.37. The molecule has 2 aromatic carbocycles. The van der Waals surface area contributed by atoms with E-state index in [0.29, 0.717) is 14.7 Å². The van der Waals surface area contributed by atoms with E-state index < -0.39 is 0 Å². The number of benzene rings is 2. The smallest absolute Gasteiger partial charge is 0.271 e. The average Bonchev–Trinajstić information content (AvgIpc) is 2.43. The first kappa shape index (κ1) is 16.4. The van der Waals surface area contributed by atoms with Gasteiger partial charge in [0.25, 0.3) is 5.91 Å². The molecule has 0 atom stereocenters. The minimum atomic E-state index is -0.322. The van der Waals surface area contributed by atoms with E-state index in [9.17, 15) is 9.90 Å². The number of nitrogens with one attached hydrogen (secondary N) is 1. The van der Waals surface area contributed by atoms with E-state index in [0.717, 1.165) is 8.95 Å². The predicted octanol–water partition coefficient (Wildman–Crippen LogP) is 4.29. The van der Waals surface area contributed by atoms with E-state index in [1.54, 1.807) is 30.3 Å². The highest BCUT2D eigenvalue weighted by molar-refractivity contribution is 14.1. The lowest BCUT2D eigenvalue weighted by Gasteiger charge is -2.03. The Morgan fingerprint density at radius 3 is 2.71 bits per heavy atom. The molecule has 0 bridgehead atoms. The van der Waals surface area contributed by atoms with Gasteiger partial charge in [0.1, 0.15) is 5.75 Å². The van der Waals surface area contributed by atoms with Crippen LogP contribution in [0.4, 0.5) is 0 Å². The van der Waals surface area contributed by atoms with Gasteiger partial charge in [-0.15, -0.1) is 0 Å². The van der Waals surface area contributed by atoms with Crippen molar-refractivity contribution in [1.29, 1.82) is 0 Å². The molecule has 0 aliphatic carbocycles. The molecule has 0 aliphatic heterocycles. The number of hydrogen-bond acceptors (Lipinski definition) is 3. The van der Waals surface area contributed by atoms with Crippen molar-refractivity contribution in [3.8, 4) is 5.75 Å². The number of hydrazone groups is 1. The lowest BCUT2D eigenvalue weighted by Crippen LogP contribution is -2.17. The fourth-order valence-corrected chi connectivity index (χ4v) is 3.49. The van der Waals surface area contributed by atoms with E-state index in [4.69, 9.17) is 0 Å². The third-order valence-electron chi connectivity index (χ3n) is 2.51. The van der Waals surface area contributed by atoms with Crippen LogP contribution >= 0.6 is 54.5 Å². The SMILES string of the molecule is O=C(N/N=C/c1cc(Br)cc(I)c1O)c1cccc(Br)c1. The molecule has 7 heteroatoms. The number of phenolic OH excluding ortho intramolecular Hbond substituents is 1. The van der Waals surface area contributed by atoms with Gasteiger partial charge in [-0.3, -0.25) is 4.79 Å². The summed E-state index contributed by atoms with van der Waals surface area (Å²) in [7, 11) is 0. The van der Waals surface area contributed by atoms with Crippen LogP contribution in [0.2, 0.25) is 0 Å². The Labute approximate surface area is 152 Å². The highest BCUT2D eigenvalue weighted by Crippen LogP contribution is 2.27. The van der Waals surface area contributed by atoms with Crippen molar-refractivity contribution in [3.63, 3.8) is 0 Å². The summed E-state index contributed by atoms with van der Waals surface area (Å²) in [6.45, 7) is 0. The maximum absolute atomic E-state index is 11.9. The van der Waals surface area contributed by atoms with Crippen LogP contribution < -0.4 is 5.43 Å². The zero-order valence-electron chi connectivity index (χ0n) is 10.5. The van der Waals surface area contributed by atoms with Gasteiger partial charge in [-0.2, -0.15) is 5.10 Å². The van der Waals surface area contributed by atoms with E-state index >= 15 is 0 Å². The summed E-state index contributed by atoms with van der Waals surface area (Å²) in [6.07, 6.45) is 1.40. The number of carbonyl (C=O) groups excluding carboxylic acids is 1. The van der Waals surface area contributed by atoms with E-state index in [1.807, 2.05) is 28.7 Å². The lowest BCUT2D eigenvalue weighted by atomic mass is 10.2. The quantitative estimate of drug-likeness (QED) is 0.358. The number of amides is 1. The summed E-state index contributed by atoms with van der Waals surface area (Å²) in [6, 6.07) is 10.5. The number of nitrogens with zero attached hydrogens (tertiary/aromatic N) is 1. The summed E-state index contributed by atoms with van der Waals surface area (Å²) in [4.78, 5) is 11.9. The van der Waals surface area contributed by atoms with Gasteiger partial charge in [-0.1, -0.05) is 37.9 Å². The Balaban J connectivity index is 2.11. The fourth-order valence-electron chi connectivity index (χ4n) is 1.54. The molecular weight excluding hydrogens is 515 g/mol. The summed E-state index contributed by atoms with van der Waals surface area (Å²) in [5.74, 6) is -0.198. The molecule has 0 saturated carbocycles. The molecule has 2 aromatic rings. The van der Waals surface area contributed by atoms with Crippen molar-refractivity contribution >= 4 is 66.6 Å². The monoisotopic (exact) mass is 522 g/mol. The van der Waals surface area contributed by atoms with Crippen LogP contribution in [0, 0.1) is 3.57 Å². The van der Waals surface area contributed by atoms with Gasteiger partial charge in [-0.05, 0) is 52.9 Å². The Hall–Kier alpha value is -0.930. The summed E-state index contributed by atoms with van der Waals surface area (Å²) >= 11 is 8.67. The molecule has 0 aromatic heterocycles. The molecule has 0 spiro atoms. The van der Waals surface area contributed by atoms with E-state index in [2.05, 4.69) is 42.4 Å². The van der Waals surface area contributed by atoms with Crippen LogP contribution in [-0.2, 0) is 0 Å². The van der Waals surface area contributed by atoms with Gasteiger partial charge in [0.05, 0.1) is 9.78 Å². The number of hydrogen-bond donors (Lipinski definition) is 2. The molecule has 108 valence electrons. The molecule has 21 heavy (non-hydrogen) atoms. The zero-order valence-corrected chi connectivity index (χ0v) is 15.8. The van der Waals surface area contributed by atoms with Gasteiger partial charge in [0.2, 0.25) is 0 Å². The number of rotatable bonds is 3. The maximum atomic E-state index is 11.9. The number of halogens is 3. The summed E-state index contributed by atoms with van der Waals surface area (Å²) in [5.41, 5.74) is 3.43. The molecule has 0 unspecified atom stereocenters. The minimum Gasteiger partial charge on any atom is -0.506 e. The van der Waals surface area contributed by atoms with Gasteiger partial charge in [0, 0.05) is 20.1 Å². The third-order valence-corrected chi connectivity index (χ3v) is 4.29. The Morgan fingerprint density at radius 2 is 2.00 bits per heavy atom. The first-order valence-electron chi connectivity index (χ1n) is 5.74. The van der Waals surface area contributed by atoms with E-state index in [1.165, 1.54) is 6.21 Å². The third kappa shape index (κ3) is 4.52. The highest BCUT2D eigenvalue weighted by atomic mass is 127. The lowest BCUT2D eigenvalue weighted by molar-refractivity contribution is 0.0955. The fraction of sp³-hybridized carbons (Fsp3) is 0. The Bertz CT molecular complexity index is 720. The van der Waals surface area contributed by atoms with Crippen molar-refractivity contribution in [2.75, 3.05) is 0 Å². The molecule has 4 nitrogen and oxygen atoms in total. The second-order valence-corrected chi connectivity index (χ2v) is 7.03. The molecule has 2 N–H and O–H groups in total. The van der Waals surface area contributed by atoms with Crippen LogP contribution in [0.25, 0.3) is 0 Å². The molecule has 0 radical (unpaired) electrons. The topological polar surface area (TPSA) is 61.7 Å². The molecule has 0 saturated heterocycles. The number of aromatic hydroxyl groups is 1. The van der Waals surface area contributed by atoms with Crippen molar-refractivity contribution in [2.24, 2.45) is 5.10 Å². The van der Waals surface area contributed by atoms with Crippen LogP contribution in [-0.4, -0.2) is 17.2 Å². The minimum absolute atomic E-state index is 0.124. The van der Waals surface area contributed by atoms with Gasteiger partial charge in [0.15, 0.2) is 0 Å². The molecule has 0 fully saturated rings. The van der Waals surface area contributed by atoms with Gasteiger partial charge in [-0.25, -0.2) is 5.43 Å². The normalized spacial score (nSPS) is 10.8. The van der Waals surface area contributed by atoms with Crippen LogP contribution in [0.15, 0.2) is 50.4 Å². The van der Waals surface area contributed by atoms with Crippen molar-refractivity contribution < 1.29 is 9.90 Å². The Morgan fingerprint density at radius 1 is 1.24 bits per heavy atom. The largest absolute Gasteiger partial charge is 0.506 e. The summed E-state index contributed by atoms with van der Waals surface area (Å²) in [5, 5.41) is 13.8. The number of phenols is 1. The second-order valence-electron chi connectivity index (χ2n) is 4.03. The van der Waals surface area contributed by atoms with Gasteiger partial charge >= 0.3 is 0 Å². The molecule has 1 amide bonds. The molecule has 0 heterocycles. The zero-order chi connectivity index (χ0) is 15.4. The van der Waals surface area contributed by atoms with Gasteiger partial charge < -0.3 is 5.11 Å². The molecule has 0 aliphatic rings. The maximum Gasteiger partial charge on any atom is 0.271 e.